The summed E-state index contributed by atoms with van der Waals surface area (Å²) in [5.74, 6) is -0.114. The maximum atomic E-state index is 12.6. The summed E-state index contributed by atoms with van der Waals surface area (Å²) in [6, 6.07) is 3.13. The Balaban J connectivity index is 2.17. The van der Waals surface area contributed by atoms with E-state index in [-0.39, 0.29) is 24.5 Å². The van der Waals surface area contributed by atoms with Crippen LogP contribution in [0.15, 0.2) is 23.6 Å². The van der Waals surface area contributed by atoms with Crippen molar-refractivity contribution >= 4 is 17.7 Å². The number of oxime groups is 1. The van der Waals surface area contributed by atoms with Crippen molar-refractivity contribution in [3.05, 3.63) is 24.0 Å². The van der Waals surface area contributed by atoms with Gasteiger partial charge in [-0.05, 0) is 19.9 Å². The molecule has 128 valence electrons. The first-order valence-electron chi connectivity index (χ1n) is 7.82. The van der Waals surface area contributed by atoms with E-state index in [0.717, 1.165) is 6.54 Å². The van der Waals surface area contributed by atoms with E-state index in [1.54, 1.807) is 19.2 Å². The minimum atomic E-state index is -0.446. The number of carbonyl (C=O) groups excluding carboxylic acids is 1. The van der Waals surface area contributed by atoms with Gasteiger partial charge >= 0.3 is 0 Å². The molecule has 3 atom stereocenters. The number of rotatable bonds is 6. The average Bonchev–Trinajstić information content (AvgIpc) is 2.58. The Labute approximate surface area is 141 Å². The highest BCUT2D eigenvalue weighted by atomic mass is 16.6. The Hall–Kier alpha value is -2.50. The van der Waals surface area contributed by atoms with Crippen LogP contribution < -0.4 is 16.0 Å². The fourth-order valence-electron chi connectivity index (χ4n) is 2.71. The number of aromatic nitrogens is 1. The Bertz CT molecular complexity index is 640. The van der Waals surface area contributed by atoms with E-state index in [1.165, 1.54) is 12.4 Å². The lowest BCUT2D eigenvalue weighted by atomic mass is 9.99. The molecule has 2 heterocycles. The molecule has 2 rings (SSSR count). The predicted octanol–water partition coefficient (Wildman–Crippen LogP) is 0.0387. The topological polar surface area (TPSA) is 117 Å². The van der Waals surface area contributed by atoms with Crippen molar-refractivity contribution in [2.24, 2.45) is 10.9 Å². The number of carbonyl (C=O) groups is 1. The van der Waals surface area contributed by atoms with E-state index < -0.39 is 6.04 Å². The summed E-state index contributed by atoms with van der Waals surface area (Å²) in [5.41, 5.74) is 6.69. The zero-order valence-electron chi connectivity index (χ0n) is 13.8. The Morgan fingerprint density at radius 1 is 1.75 bits per heavy atom. The number of Topliss-reactive ketones (excluding diaryl/α,β-unsaturated/α-hetero) is 1. The quantitative estimate of drug-likeness (QED) is 0.558. The van der Waals surface area contributed by atoms with E-state index in [9.17, 15) is 10.1 Å². The molecule has 8 heteroatoms. The monoisotopic (exact) mass is 330 g/mol. The van der Waals surface area contributed by atoms with Gasteiger partial charge in [-0.25, -0.2) is 0 Å². The van der Waals surface area contributed by atoms with Crippen molar-refractivity contribution in [3.63, 3.8) is 0 Å². The van der Waals surface area contributed by atoms with Crippen molar-refractivity contribution in [3.8, 4) is 6.07 Å². The van der Waals surface area contributed by atoms with E-state index in [0.29, 0.717) is 17.8 Å². The first kappa shape index (κ1) is 17.8. The smallest absolute Gasteiger partial charge is 0.196 e. The zero-order valence-corrected chi connectivity index (χ0v) is 13.8. The summed E-state index contributed by atoms with van der Waals surface area (Å²) >= 11 is 0. The summed E-state index contributed by atoms with van der Waals surface area (Å²) in [6.45, 7) is 4.89. The number of hydrogen-bond acceptors (Lipinski definition) is 8. The molecule has 0 bridgehead atoms. The minimum Gasteiger partial charge on any atom is -0.388 e. The van der Waals surface area contributed by atoms with Crippen molar-refractivity contribution in [1.29, 1.82) is 5.26 Å². The first-order chi connectivity index (χ1) is 11.5. The van der Waals surface area contributed by atoms with Crippen LogP contribution in [0.2, 0.25) is 0 Å². The molecule has 1 fully saturated rings. The number of anilines is 1. The van der Waals surface area contributed by atoms with Crippen LogP contribution >= 0.6 is 0 Å². The van der Waals surface area contributed by atoms with E-state index in [4.69, 9.17) is 10.6 Å². The van der Waals surface area contributed by atoms with E-state index >= 15 is 0 Å². The molecule has 0 amide bonds. The number of piperazine rings is 1. The van der Waals surface area contributed by atoms with Crippen molar-refractivity contribution in [2.75, 3.05) is 24.6 Å². The molecule has 1 aromatic heterocycles. The van der Waals surface area contributed by atoms with E-state index in [1.807, 2.05) is 11.8 Å². The van der Waals surface area contributed by atoms with Crippen LogP contribution in [-0.4, -0.2) is 54.8 Å². The number of nitrogens with zero attached hydrogens (tertiary/aromatic N) is 4. The summed E-state index contributed by atoms with van der Waals surface area (Å²) in [5, 5.41) is 16.3. The molecule has 1 aliphatic rings. The Morgan fingerprint density at radius 2 is 2.54 bits per heavy atom. The van der Waals surface area contributed by atoms with Crippen LogP contribution in [0.1, 0.15) is 19.4 Å². The largest absolute Gasteiger partial charge is 0.388 e. The van der Waals surface area contributed by atoms with Crippen LogP contribution in [0.4, 0.5) is 5.69 Å². The van der Waals surface area contributed by atoms with Crippen molar-refractivity contribution in [1.82, 2.24) is 10.3 Å². The molecule has 0 spiro atoms. The van der Waals surface area contributed by atoms with Gasteiger partial charge in [0.2, 0.25) is 0 Å². The first-order valence-corrected chi connectivity index (χ1v) is 7.82. The molecule has 0 aliphatic carbocycles. The van der Waals surface area contributed by atoms with Gasteiger partial charge < -0.3 is 20.8 Å². The molecule has 24 heavy (non-hydrogen) atoms. The van der Waals surface area contributed by atoms with Crippen LogP contribution in [0.3, 0.4) is 0 Å². The van der Waals surface area contributed by atoms with Crippen LogP contribution in [0.5, 0.6) is 0 Å². The van der Waals surface area contributed by atoms with Gasteiger partial charge in [-0.3, -0.25) is 9.78 Å². The second-order valence-corrected chi connectivity index (χ2v) is 5.74. The van der Waals surface area contributed by atoms with Crippen molar-refractivity contribution in [2.45, 2.75) is 32.0 Å². The highest BCUT2D eigenvalue weighted by Gasteiger charge is 2.35. The molecule has 1 saturated heterocycles. The normalized spacial score (nSPS) is 22.2. The lowest BCUT2D eigenvalue weighted by molar-refractivity contribution is -0.125. The molecule has 0 saturated carbocycles. The summed E-state index contributed by atoms with van der Waals surface area (Å²) in [4.78, 5) is 23.6. The molecule has 1 aliphatic heterocycles. The molecular formula is C16H22N6O2. The highest BCUT2D eigenvalue weighted by molar-refractivity contribution is 5.90. The molecule has 1 aromatic rings. The van der Waals surface area contributed by atoms with Gasteiger partial charge in [0.15, 0.2) is 12.4 Å². The summed E-state index contributed by atoms with van der Waals surface area (Å²) in [7, 11) is 0. The number of nitriles is 1. The molecule has 1 unspecified atom stereocenters. The third-order valence-electron chi connectivity index (χ3n) is 3.76. The van der Waals surface area contributed by atoms with Gasteiger partial charge in [0.1, 0.15) is 12.1 Å². The van der Waals surface area contributed by atoms with Gasteiger partial charge in [-0.1, -0.05) is 5.16 Å². The van der Waals surface area contributed by atoms with Gasteiger partial charge in [-0.15, -0.1) is 0 Å². The average molecular weight is 330 g/mol. The number of nitrogens with two attached hydrogens (primary N) is 1. The number of nitrogens with one attached hydrogen (secondary N) is 1. The van der Waals surface area contributed by atoms with Crippen LogP contribution in [0.25, 0.3) is 0 Å². The van der Waals surface area contributed by atoms with Crippen LogP contribution in [-0.2, 0) is 9.63 Å². The van der Waals surface area contributed by atoms with Gasteiger partial charge in [0.05, 0.1) is 17.5 Å². The minimum absolute atomic E-state index is 0.0769. The summed E-state index contributed by atoms with van der Waals surface area (Å²) in [6.07, 6.45) is 4.56. The van der Waals surface area contributed by atoms with Crippen molar-refractivity contribution < 1.29 is 9.63 Å². The molecule has 3 N–H and O–H groups in total. The number of pyridine rings is 1. The number of hydrogen-bond donors (Lipinski definition) is 2. The van der Waals surface area contributed by atoms with Gasteiger partial charge in [-0.2, -0.15) is 5.26 Å². The molecule has 0 aromatic carbocycles. The van der Waals surface area contributed by atoms with Gasteiger partial charge in [0.25, 0.3) is 0 Å². The molecule has 8 nitrogen and oxygen atoms in total. The number of ketones is 1. The maximum Gasteiger partial charge on any atom is 0.196 e. The van der Waals surface area contributed by atoms with E-state index in [2.05, 4.69) is 21.5 Å². The second-order valence-electron chi connectivity index (χ2n) is 5.74. The summed E-state index contributed by atoms with van der Waals surface area (Å²) < 4.78 is 0. The lowest BCUT2D eigenvalue weighted by Crippen LogP contribution is -2.61. The van der Waals surface area contributed by atoms with Crippen LogP contribution in [0, 0.1) is 11.3 Å². The third-order valence-corrected chi connectivity index (χ3v) is 3.76. The molecule has 0 radical (unpaired) electrons. The lowest BCUT2D eigenvalue weighted by Gasteiger charge is -2.41. The highest BCUT2D eigenvalue weighted by Crippen LogP contribution is 2.24. The standard InChI is InChI=1S/C16H22N6O2/c1-11(18)8-21-24-10-15(23)16-12(2)20-5-6-22(16)14-3-4-19-9-13(14)7-17/h3-4,8-9,11-12,16,20H,5-6,10,18H2,1-2H3/b21-8+/t11-,12?,16+/m0/s1. The Morgan fingerprint density at radius 3 is 3.25 bits per heavy atom. The second kappa shape index (κ2) is 8.38. The molecular weight excluding hydrogens is 308 g/mol. The maximum absolute atomic E-state index is 12.6. The fraction of sp³-hybridized carbons (Fsp3) is 0.500. The Kier molecular flexibility index (Phi) is 6.23. The third kappa shape index (κ3) is 4.28. The predicted molar refractivity (Wildman–Crippen MR) is 90.7 cm³/mol. The van der Waals surface area contributed by atoms with Gasteiger partial charge in [0, 0.05) is 37.6 Å². The fourth-order valence-corrected chi connectivity index (χ4v) is 2.71. The zero-order chi connectivity index (χ0) is 17.5. The SMILES string of the molecule is CC1NCCN(c2ccncc2C#N)[C@H]1C(=O)CO/N=C/[C@H](C)N.